The number of aromatic hydroxyl groups is 2. The van der Waals surface area contributed by atoms with Gasteiger partial charge in [-0.3, -0.25) is 9.80 Å². The molecule has 1 heterocycles. The molecule has 1 aliphatic rings. The minimum absolute atomic E-state index is 0.0949. The lowest BCUT2D eigenvalue weighted by Gasteiger charge is -2.28. The standard InChI is InChI=1S/C32H51N3O8/c1-23-11-25(31(40)27(13-23)21-42-29(17-36)18-37)15-34-7-3-5-33-6-4-8-35(10-9-34)16-26-12-24(2)14-28(32(26)41)22-43-30(19-38)20-39/h11-14,29-30,33,36-41H,3-10,15-22H2,1-2H3. The van der Waals surface area contributed by atoms with Gasteiger partial charge < -0.3 is 45.4 Å². The van der Waals surface area contributed by atoms with Crippen molar-refractivity contribution in [3.05, 3.63) is 57.6 Å². The van der Waals surface area contributed by atoms with Crippen molar-refractivity contribution in [2.75, 3.05) is 65.7 Å². The van der Waals surface area contributed by atoms with Gasteiger partial charge in [0.05, 0.1) is 39.6 Å². The summed E-state index contributed by atoms with van der Waals surface area (Å²) in [6, 6.07) is 7.71. The first-order chi connectivity index (χ1) is 20.8. The summed E-state index contributed by atoms with van der Waals surface area (Å²) in [5.41, 5.74) is 4.86. The molecule has 11 nitrogen and oxygen atoms in total. The average Bonchev–Trinajstić information content (AvgIpc) is 3.04. The Hall–Kier alpha value is -2.32. The van der Waals surface area contributed by atoms with Crippen molar-refractivity contribution in [2.45, 2.75) is 65.2 Å². The number of nitrogens with one attached hydrogen (secondary N) is 1. The van der Waals surface area contributed by atoms with E-state index in [9.17, 15) is 30.6 Å². The molecular formula is C32H51N3O8. The zero-order valence-corrected chi connectivity index (χ0v) is 25.7. The largest absolute Gasteiger partial charge is 0.507 e. The van der Waals surface area contributed by atoms with Gasteiger partial charge in [0.25, 0.3) is 0 Å². The summed E-state index contributed by atoms with van der Waals surface area (Å²) in [6.07, 6.45) is 0.564. The summed E-state index contributed by atoms with van der Waals surface area (Å²) in [5, 5.41) is 63.0. The fourth-order valence-corrected chi connectivity index (χ4v) is 5.36. The topological polar surface area (TPSA) is 158 Å². The van der Waals surface area contributed by atoms with Crippen LogP contribution in [0.2, 0.25) is 0 Å². The molecule has 2 aromatic rings. The Labute approximate surface area is 255 Å². The monoisotopic (exact) mass is 605 g/mol. The van der Waals surface area contributed by atoms with Crippen molar-refractivity contribution in [3.63, 3.8) is 0 Å². The summed E-state index contributed by atoms with van der Waals surface area (Å²) < 4.78 is 11.2. The molecule has 0 spiro atoms. The number of hydrogen-bond acceptors (Lipinski definition) is 11. The van der Waals surface area contributed by atoms with Gasteiger partial charge in [-0.25, -0.2) is 0 Å². The molecule has 0 radical (unpaired) electrons. The number of hydrogen-bond donors (Lipinski definition) is 7. The fraction of sp³-hybridized carbons (Fsp3) is 0.625. The van der Waals surface area contributed by atoms with Crippen molar-refractivity contribution in [3.8, 4) is 11.5 Å². The highest BCUT2D eigenvalue weighted by molar-refractivity contribution is 5.44. The number of ether oxygens (including phenoxy) is 2. The molecule has 1 fully saturated rings. The van der Waals surface area contributed by atoms with Gasteiger partial charge in [-0.2, -0.15) is 0 Å². The maximum Gasteiger partial charge on any atom is 0.125 e. The van der Waals surface area contributed by atoms with Gasteiger partial charge in [-0.1, -0.05) is 35.4 Å². The molecule has 0 aliphatic carbocycles. The molecule has 7 N–H and O–H groups in total. The predicted molar refractivity (Wildman–Crippen MR) is 164 cm³/mol. The Morgan fingerprint density at radius 2 is 1.00 bits per heavy atom. The van der Waals surface area contributed by atoms with Crippen molar-refractivity contribution < 1.29 is 40.1 Å². The van der Waals surface area contributed by atoms with Gasteiger partial charge in [0.2, 0.25) is 0 Å². The molecule has 242 valence electrons. The maximum atomic E-state index is 11.1. The predicted octanol–water partition coefficient (Wildman–Crippen LogP) is 1.14. The highest BCUT2D eigenvalue weighted by Crippen LogP contribution is 2.29. The zero-order valence-electron chi connectivity index (χ0n) is 25.7. The number of phenols is 2. The van der Waals surface area contributed by atoms with E-state index >= 15 is 0 Å². The molecule has 0 aromatic heterocycles. The van der Waals surface area contributed by atoms with Crippen molar-refractivity contribution in [1.29, 1.82) is 0 Å². The lowest BCUT2D eigenvalue weighted by atomic mass is 10.0. The van der Waals surface area contributed by atoms with E-state index in [1.807, 2.05) is 38.1 Å². The highest BCUT2D eigenvalue weighted by atomic mass is 16.5. The third-order valence-electron chi connectivity index (χ3n) is 7.76. The highest BCUT2D eigenvalue weighted by Gasteiger charge is 2.19. The second-order valence-electron chi connectivity index (χ2n) is 11.5. The van der Waals surface area contributed by atoms with E-state index in [1.165, 1.54) is 0 Å². The average molecular weight is 606 g/mol. The van der Waals surface area contributed by atoms with Gasteiger partial charge in [0.15, 0.2) is 0 Å². The molecule has 0 atom stereocenters. The van der Waals surface area contributed by atoms with Gasteiger partial charge in [0, 0.05) is 48.4 Å². The Kier molecular flexibility index (Phi) is 15.1. The van der Waals surface area contributed by atoms with Crippen LogP contribution in [-0.4, -0.2) is 118 Å². The first-order valence-corrected chi connectivity index (χ1v) is 15.2. The minimum Gasteiger partial charge on any atom is -0.507 e. The molecule has 1 aliphatic heterocycles. The molecule has 43 heavy (non-hydrogen) atoms. The summed E-state index contributed by atoms with van der Waals surface area (Å²) in [5.74, 6) is 0.349. The van der Waals surface area contributed by atoms with Crippen molar-refractivity contribution in [2.24, 2.45) is 0 Å². The third-order valence-corrected chi connectivity index (χ3v) is 7.76. The first-order valence-electron chi connectivity index (χ1n) is 15.2. The van der Waals surface area contributed by atoms with Crippen molar-refractivity contribution in [1.82, 2.24) is 15.1 Å². The van der Waals surface area contributed by atoms with Crippen LogP contribution in [0, 0.1) is 13.8 Å². The van der Waals surface area contributed by atoms with Crippen LogP contribution < -0.4 is 5.32 Å². The van der Waals surface area contributed by atoms with Crippen LogP contribution in [0.5, 0.6) is 11.5 Å². The Morgan fingerprint density at radius 3 is 1.37 bits per heavy atom. The second-order valence-corrected chi connectivity index (χ2v) is 11.5. The summed E-state index contributed by atoms with van der Waals surface area (Å²) in [6.45, 7) is 9.14. The lowest BCUT2D eigenvalue weighted by molar-refractivity contribution is -0.0290. The van der Waals surface area contributed by atoms with Crippen LogP contribution in [0.15, 0.2) is 24.3 Å². The molecule has 11 heteroatoms. The Balaban J connectivity index is 1.73. The second kappa shape index (κ2) is 18.5. The Morgan fingerprint density at radius 1 is 0.628 bits per heavy atom. The van der Waals surface area contributed by atoms with Crippen LogP contribution in [-0.2, 0) is 35.8 Å². The molecule has 0 unspecified atom stereocenters. The normalized spacial score (nSPS) is 16.2. The summed E-state index contributed by atoms with van der Waals surface area (Å²) in [7, 11) is 0. The first kappa shape index (κ1) is 35.2. The molecule has 1 saturated heterocycles. The van der Waals surface area contributed by atoms with Crippen LogP contribution in [0.4, 0.5) is 0 Å². The molecule has 0 amide bonds. The summed E-state index contributed by atoms with van der Waals surface area (Å²) >= 11 is 0. The molecule has 0 bridgehead atoms. The molecular weight excluding hydrogens is 554 g/mol. The van der Waals surface area contributed by atoms with Crippen LogP contribution in [0.1, 0.15) is 46.2 Å². The third kappa shape index (κ3) is 11.3. The number of aliphatic hydroxyl groups excluding tert-OH is 4. The summed E-state index contributed by atoms with van der Waals surface area (Å²) in [4.78, 5) is 4.67. The number of phenolic OH excluding ortho intramolecular Hbond substituents is 2. The molecule has 2 aromatic carbocycles. The van der Waals surface area contributed by atoms with Gasteiger partial charge in [0.1, 0.15) is 23.7 Å². The number of nitrogens with zero attached hydrogens (tertiary/aromatic N) is 2. The van der Waals surface area contributed by atoms with E-state index in [1.54, 1.807) is 0 Å². The van der Waals surface area contributed by atoms with E-state index in [-0.39, 0.29) is 51.1 Å². The lowest BCUT2D eigenvalue weighted by Crippen LogP contribution is -2.36. The van der Waals surface area contributed by atoms with E-state index < -0.39 is 12.2 Å². The van der Waals surface area contributed by atoms with E-state index in [0.29, 0.717) is 24.2 Å². The van der Waals surface area contributed by atoms with Crippen LogP contribution in [0.3, 0.4) is 0 Å². The van der Waals surface area contributed by atoms with Gasteiger partial charge in [-0.15, -0.1) is 0 Å². The van der Waals surface area contributed by atoms with E-state index in [0.717, 1.165) is 74.4 Å². The fourth-order valence-electron chi connectivity index (χ4n) is 5.36. The van der Waals surface area contributed by atoms with Crippen LogP contribution >= 0.6 is 0 Å². The maximum absolute atomic E-state index is 11.1. The molecule has 0 saturated carbocycles. The van der Waals surface area contributed by atoms with Crippen molar-refractivity contribution >= 4 is 0 Å². The number of benzene rings is 2. The minimum atomic E-state index is -0.692. The van der Waals surface area contributed by atoms with Gasteiger partial charge >= 0.3 is 0 Å². The number of aryl methyl sites for hydroxylation is 2. The van der Waals surface area contributed by atoms with E-state index in [4.69, 9.17) is 9.47 Å². The number of rotatable bonds is 14. The smallest absolute Gasteiger partial charge is 0.125 e. The quantitative estimate of drug-likeness (QED) is 0.166. The van der Waals surface area contributed by atoms with Crippen LogP contribution in [0.25, 0.3) is 0 Å². The Bertz CT molecular complexity index is 1030. The number of aliphatic hydroxyl groups is 4. The SMILES string of the molecule is Cc1cc(COC(CO)CO)c(O)c(CN2CCCNCCCN(Cc3cc(C)cc(COC(CO)CO)c3O)CC2)c1. The molecule has 3 rings (SSSR count). The van der Waals surface area contributed by atoms with E-state index in [2.05, 4.69) is 15.1 Å². The van der Waals surface area contributed by atoms with Gasteiger partial charge in [-0.05, 0) is 52.9 Å². The zero-order chi connectivity index (χ0) is 31.2.